The van der Waals surface area contributed by atoms with Crippen LogP contribution in [0.25, 0.3) is 0 Å². The van der Waals surface area contributed by atoms with Gasteiger partial charge in [-0.3, -0.25) is 4.68 Å². The van der Waals surface area contributed by atoms with Gasteiger partial charge >= 0.3 is 0 Å². The highest BCUT2D eigenvalue weighted by molar-refractivity contribution is 5.17. The molecule has 3 heteroatoms. The van der Waals surface area contributed by atoms with Gasteiger partial charge in [0.05, 0.1) is 5.69 Å². The Morgan fingerprint density at radius 1 is 1.54 bits per heavy atom. The lowest BCUT2D eigenvalue weighted by Crippen LogP contribution is -2.22. The predicted octanol–water partition coefficient (Wildman–Crippen LogP) is 1.35. The maximum atomic E-state index is 5.56. The zero-order valence-corrected chi connectivity index (χ0v) is 8.96. The summed E-state index contributed by atoms with van der Waals surface area (Å²) in [5, 5.41) is 4.46. The number of nitrogens with zero attached hydrogens (tertiary/aromatic N) is 2. The number of rotatable bonds is 3. The van der Waals surface area contributed by atoms with Crippen molar-refractivity contribution < 1.29 is 0 Å². The van der Waals surface area contributed by atoms with Gasteiger partial charge in [-0.05, 0) is 26.0 Å². The van der Waals surface area contributed by atoms with Crippen molar-refractivity contribution in [2.24, 2.45) is 12.8 Å². The molecule has 0 aliphatic carbocycles. The van der Waals surface area contributed by atoms with E-state index in [4.69, 9.17) is 5.73 Å². The molecular formula is C10H19N3. The molecule has 0 fully saturated rings. The lowest BCUT2D eigenvalue weighted by Gasteiger charge is -2.20. The maximum absolute atomic E-state index is 5.56. The Morgan fingerprint density at radius 3 is 2.54 bits per heavy atom. The van der Waals surface area contributed by atoms with Gasteiger partial charge < -0.3 is 5.73 Å². The van der Waals surface area contributed by atoms with Crippen LogP contribution >= 0.6 is 0 Å². The smallest absolute Gasteiger partial charge is 0.0683 e. The van der Waals surface area contributed by atoms with E-state index in [1.165, 1.54) is 5.69 Å². The fraction of sp³-hybridized carbons (Fsp3) is 0.700. The lowest BCUT2D eigenvalue weighted by molar-refractivity contribution is 0.466. The molecule has 0 aliphatic rings. The van der Waals surface area contributed by atoms with Crippen LogP contribution in [-0.4, -0.2) is 16.3 Å². The van der Waals surface area contributed by atoms with Gasteiger partial charge in [0.25, 0.3) is 0 Å². The second-order valence-electron chi connectivity index (χ2n) is 4.22. The van der Waals surface area contributed by atoms with E-state index in [1.807, 2.05) is 11.7 Å². The Labute approximate surface area is 79.9 Å². The molecule has 1 aromatic rings. The molecule has 0 unspecified atom stereocenters. The Hall–Kier alpha value is -0.830. The number of hydrogen-bond donors (Lipinski definition) is 1. The molecule has 1 heterocycles. The minimum absolute atomic E-state index is 0.0980. The average molecular weight is 181 g/mol. The van der Waals surface area contributed by atoms with Gasteiger partial charge in [0, 0.05) is 18.2 Å². The van der Waals surface area contributed by atoms with Crippen molar-refractivity contribution >= 4 is 0 Å². The van der Waals surface area contributed by atoms with Crippen molar-refractivity contribution in [1.29, 1.82) is 0 Å². The van der Waals surface area contributed by atoms with E-state index >= 15 is 0 Å². The number of nitrogens with two attached hydrogens (primary N) is 1. The predicted molar refractivity (Wildman–Crippen MR) is 54.6 cm³/mol. The van der Waals surface area contributed by atoms with Crippen LogP contribution in [0.2, 0.25) is 0 Å². The van der Waals surface area contributed by atoms with Crippen LogP contribution < -0.4 is 5.73 Å². The Kier molecular flexibility index (Phi) is 2.76. The quantitative estimate of drug-likeness (QED) is 0.765. The van der Waals surface area contributed by atoms with Crippen LogP contribution in [-0.2, 0) is 12.5 Å². The van der Waals surface area contributed by atoms with Gasteiger partial charge in [0.15, 0.2) is 0 Å². The number of aromatic nitrogens is 2. The highest BCUT2D eigenvalue weighted by Crippen LogP contribution is 2.25. The average Bonchev–Trinajstić information content (AvgIpc) is 2.33. The van der Waals surface area contributed by atoms with Crippen LogP contribution in [0.4, 0.5) is 0 Å². The van der Waals surface area contributed by atoms with Crippen molar-refractivity contribution in [1.82, 2.24) is 9.78 Å². The van der Waals surface area contributed by atoms with E-state index in [0.29, 0.717) is 6.54 Å². The van der Waals surface area contributed by atoms with Crippen LogP contribution in [0.5, 0.6) is 0 Å². The fourth-order valence-corrected chi connectivity index (χ4v) is 1.38. The van der Waals surface area contributed by atoms with Crippen LogP contribution in [0.1, 0.15) is 31.7 Å². The minimum atomic E-state index is 0.0980. The molecule has 0 amide bonds. The molecule has 0 saturated carbocycles. The maximum Gasteiger partial charge on any atom is 0.0683 e. The third-order valence-corrected chi connectivity index (χ3v) is 2.58. The zero-order valence-electron chi connectivity index (χ0n) is 8.96. The van der Waals surface area contributed by atoms with Gasteiger partial charge in [0.1, 0.15) is 0 Å². The third kappa shape index (κ3) is 2.10. The van der Waals surface area contributed by atoms with E-state index in [2.05, 4.69) is 31.9 Å². The molecular weight excluding hydrogens is 162 g/mol. The molecule has 2 N–H and O–H groups in total. The first-order chi connectivity index (χ1) is 5.97. The van der Waals surface area contributed by atoms with E-state index in [1.54, 1.807) is 0 Å². The number of hydrogen-bond acceptors (Lipinski definition) is 2. The molecule has 0 aliphatic heterocycles. The summed E-state index contributed by atoms with van der Waals surface area (Å²) in [5.41, 5.74) is 7.99. The SMILES string of the molecule is Cc1cc(C(C)(C)CCN)nn1C. The first kappa shape index (κ1) is 10.3. The van der Waals surface area contributed by atoms with E-state index < -0.39 is 0 Å². The lowest BCUT2D eigenvalue weighted by atomic mass is 9.86. The van der Waals surface area contributed by atoms with Crippen LogP contribution in [0.15, 0.2) is 6.07 Å². The number of aryl methyl sites for hydroxylation is 2. The van der Waals surface area contributed by atoms with Crippen molar-refractivity contribution in [3.05, 3.63) is 17.5 Å². The fourth-order valence-electron chi connectivity index (χ4n) is 1.38. The zero-order chi connectivity index (χ0) is 10.1. The Balaban J connectivity index is 2.93. The molecule has 0 aromatic carbocycles. The first-order valence-electron chi connectivity index (χ1n) is 4.68. The molecule has 0 spiro atoms. The van der Waals surface area contributed by atoms with Gasteiger partial charge in [-0.2, -0.15) is 5.10 Å². The molecule has 0 atom stereocenters. The minimum Gasteiger partial charge on any atom is -0.330 e. The summed E-state index contributed by atoms with van der Waals surface area (Å²) in [6, 6.07) is 2.13. The van der Waals surface area contributed by atoms with Gasteiger partial charge in [-0.1, -0.05) is 13.8 Å². The second-order valence-corrected chi connectivity index (χ2v) is 4.22. The summed E-state index contributed by atoms with van der Waals surface area (Å²) in [5.74, 6) is 0. The molecule has 13 heavy (non-hydrogen) atoms. The van der Waals surface area contributed by atoms with Crippen molar-refractivity contribution in [3.63, 3.8) is 0 Å². The molecule has 74 valence electrons. The van der Waals surface area contributed by atoms with Gasteiger partial charge in [-0.25, -0.2) is 0 Å². The summed E-state index contributed by atoms with van der Waals surface area (Å²) < 4.78 is 1.91. The standard InChI is InChI=1S/C10H19N3/c1-8-7-9(12-13(8)4)10(2,3)5-6-11/h7H,5-6,11H2,1-4H3. The summed E-state index contributed by atoms with van der Waals surface area (Å²) in [6.07, 6.45) is 0.976. The van der Waals surface area contributed by atoms with E-state index in [-0.39, 0.29) is 5.41 Å². The first-order valence-corrected chi connectivity index (χ1v) is 4.68. The van der Waals surface area contributed by atoms with Crippen LogP contribution in [0.3, 0.4) is 0 Å². The highest BCUT2D eigenvalue weighted by Gasteiger charge is 2.22. The topological polar surface area (TPSA) is 43.8 Å². The van der Waals surface area contributed by atoms with Crippen molar-refractivity contribution in [2.75, 3.05) is 6.54 Å². The second kappa shape index (κ2) is 3.50. The van der Waals surface area contributed by atoms with Gasteiger partial charge in [0.2, 0.25) is 0 Å². The van der Waals surface area contributed by atoms with E-state index in [9.17, 15) is 0 Å². The summed E-state index contributed by atoms with van der Waals surface area (Å²) in [4.78, 5) is 0. The monoisotopic (exact) mass is 181 g/mol. The molecule has 0 saturated heterocycles. The molecule has 1 rings (SSSR count). The summed E-state index contributed by atoms with van der Waals surface area (Å²) in [6.45, 7) is 7.14. The largest absolute Gasteiger partial charge is 0.330 e. The molecule has 0 bridgehead atoms. The normalized spacial score (nSPS) is 12.1. The van der Waals surface area contributed by atoms with Gasteiger partial charge in [-0.15, -0.1) is 0 Å². The van der Waals surface area contributed by atoms with Crippen molar-refractivity contribution in [2.45, 2.75) is 32.6 Å². The molecule has 1 aromatic heterocycles. The Morgan fingerprint density at radius 2 is 2.15 bits per heavy atom. The summed E-state index contributed by atoms with van der Waals surface area (Å²) >= 11 is 0. The van der Waals surface area contributed by atoms with E-state index in [0.717, 1.165) is 12.1 Å². The third-order valence-electron chi connectivity index (χ3n) is 2.58. The summed E-state index contributed by atoms with van der Waals surface area (Å²) in [7, 11) is 1.97. The molecule has 3 nitrogen and oxygen atoms in total. The van der Waals surface area contributed by atoms with Crippen molar-refractivity contribution in [3.8, 4) is 0 Å². The highest BCUT2D eigenvalue weighted by atomic mass is 15.3. The molecule has 0 radical (unpaired) electrons. The Bertz CT molecular complexity index is 267. The van der Waals surface area contributed by atoms with Crippen LogP contribution in [0, 0.1) is 6.92 Å².